The molecule has 0 saturated carbocycles. The minimum absolute atomic E-state index is 0.164. The molecule has 0 heterocycles. The van der Waals surface area contributed by atoms with Gasteiger partial charge >= 0.3 is 7.60 Å². The third-order valence-corrected chi connectivity index (χ3v) is 3.51. The van der Waals surface area contributed by atoms with Crippen molar-refractivity contribution in [2.45, 2.75) is 51.4 Å². The molecule has 7 nitrogen and oxygen atoms in total. The van der Waals surface area contributed by atoms with Gasteiger partial charge in [0, 0.05) is 6.54 Å². The van der Waals surface area contributed by atoms with Gasteiger partial charge in [0.2, 0.25) is 0 Å². The van der Waals surface area contributed by atoms with E-state index >= 15 is 0 Å². The Hall–Kier alpha value is -0.620. The molecule has 0 unspecified atom stereocenters. The van der Waals surface area contributed by atoms with Crippen LogP contribution in [-0.2, 0) is 4.57 Å². The fourth-order valence-electron chi connectivity index (χ4n) is 1.86. The number of aliphatic imine (C=N–C) groups is 1. The van der Waals surface area contributed by atoms with Crippen LogP contribution in [-0.4, -0.2) is 35.1 Å². The maximum absolute atomic E-state index is 10.6. The fraction of sp³-hybridized carbons (Fsp3) is 0.917. The van der Waals surface area contributed by atoms with Gasteiger partial charge in [-0.25, -0.2) is 0 Å². The highest BCUT2D eigenvalue weighted by Crippen LogP contribution is 2.31. The second kappa shape index (κ2) is 12.1. The molecule has 20 heavy (non-hydrogen) atoms. The fourth-order valence-corrected chi connectivity index (χ4v) is 2.30. The molecule has 0 aliphatic rings. The van der Waals surface area contributed by atoms with Crippen molar-refractivity contribution in [3.63, 3.8) is 0 Å². The van der Waals surface area contributed by atoms with Gasteiger partial charge in [0.05, 0.1) is 6.29 Å². The van der Waals surface area contributed by atoms with E-state index in [0.717, 1.165) is 25.7 Å². The summed E-state index contributed by atoms with van der Waals surface area (Å²) in [4.78, 5) is 21.2. The van der Waals surface area contributed by atoms with Crippen LogP contribution in [0.1, 0.15) is 51.4 Å². The molecule has 8 heteroatoms. The number of nitrogens with zero attached hydrogens (tertiary/aromatic N) is 1. The largest absolute Gasteiger partial charge is 0.370 e. The monoisotopic (exact) mass is 308 g/mol. The Morgan fingerprint density at radius 1 is 0.950 bits per heavy atom. The first kappa shape index (κ1) is 19.4. The first-order valence-corrected chi connectivity index (χ1v) is 9.02. The van der Waals surface area contributed by atoms with E-state index in [2.05, 4.69) is 10.3 Å². The summed E-state index contributed by atoms with van der Waals surface area (Å²) in [5.74, 6) is 0.164. The Morgan fingerprint density at radius 2 is 1.45 bits per heavy atom. The van der Waals surface area contributed by atoms with Gasteiger partial charge in [0.25, 0.3) is 0 Å². The molecule has 0 aromatic carbocycles. The average Bonchev–Trinajstić information content (AvgIpc) is 2.33. The maximum atomic E-state index is 10.6. The normalized spacial score (nSPS) is 11.5. The molecule has 0 fully saturated rings. The van der Waals surface area contributed by atoms with Crippen LogP contribution in [0.3, 0.4) is 0 Å². The molecule has 0 atom stereocenters. The van der Waals surface area contributed by atoms with E-state index in [0.29, 0.717) is 13.1 Å². The van der Waals surface area contributed by atoms with Crippen molar-refractivity contribution in [1.29, 1.82) is 0 Å². The number of rotatable bonds is 13. The van der Waals surface area contributed by atoms with Gasteiger partial charge in [-0.3, -0.25) is 9.56 Å². The molecule has 0 radical (unpaired) electrons. The SMILES string of the molecule is NC(N)=NCCCCCCCCCCNCP(=O)(O)O. The van der Waals surface area contributed by atoms with Crippen molar-refractivity contribution in [3.8, 4) is 0 Å². The van der Waals surface area contributed by atoms with E-state index in [1.165, 1.54) is 25.7 Å². The van der Waals surface area contributed by atoms with Crippen LogP contribution in [0.4, 0.5) is 0 Å². The zero-order valence-corrected chi connectivity index (χ0v) is 13.0. The lowest BCUT2D eigenvalue weighted by atomic mass is 10.1. The number of hydrogen-bond donors (Lipinski definition) is 5. The number of nitrogens with one attached hydrogen (secondary N) is 1. The zero-order valence-electron chi connectivity index (χ0n) is 12.1. The lowest BCUT2D eigenvalue weighted by Crippen LogP contribution is -2.22. The molecule has 0 saturated heterocycles. The summed E-state index contributed by atoms with van der Waals surface area (Å²) >= 11 is 0. The van der Waals surface area contributed by atoms with Crippen LogP contribution in [0, 0.1) is 0 Å². The second-order valence-corrected chi connectivity index (χ2v) is 6.60. The summed E-state index contributed by atoms with van der Waals surface area (Å²) in [6, 6.07) is 0. The predicted octanol–water partition coefficient (Wildman–Crippen LogP) is 1.11. The molecule has 0 aliphatic carbocycles. The molecule has 0 aromatic heterocycles. The van der Waals surface area contributed by atoms with Crippen LogP contribution in [0.2, 0.25) is 0 Å². The molecule has 0 bridgehead atoms. The van der Waals surface area contributed by atoms with Crippen molar-refractivity contribution < 1.29 is 14.4 Å². The van der Waals surface area contributed by atoms with E-state index in [-0.39, 0.29) is 12.2 Å². The summed E-state index contributed by atoms with van der Waals surface area (Å²) in [5, 5.41) is 2.76. The molecule has 0 spiro atoms. The highest BCUT2D eigenvalue weighted by molar-refractivity contribution is 7.51. The number of nitrogens with two attached hydrogens (primary N) is 2. The molecule has 7 N–H and O–H groups in total. The highest BCUT2D eigenvalue weighted by atomic mass is 31.2. The second-order valence-electron chi connectivity index (χ2n) is 4.96. The van der Waals surface area contributed by atoms with Crippen LogP contribution in [0.15, 0.2) is 4.99 Å². The third-order valence-electron chi connectivity index (χ3n) is 2.87. The Bertz CT molecular complexity index is 303. The molecular weight excluding hydrogens is 279 g/mol. The van der Waals surface area contributed by atoms with E-state index in [9.17, 15) is 4.57 Å². The molecule has 0 aromatic rings. The lowest BCUT2D eigenvalue weighted by Gasteiger charge is -2.06. The van der Waals surface area contributed by atoms with Gasteiger partial charge in [-0.15, -0.1) is 0 Å². The molecule has 120 valence electrons. The standard InChI is InChI=1S/C12H29N4O3P/c13-12(14)16-10-8-6-4-2-1-3-5-7-9-15-11-20(17,18)19/h15H,1-11H2,(H4,13,14,16)(H2,17,18,19). The number of hydrogen-bond acceptors (Lipinski definition) is 3. The van der Waals surface area contributed by atoms with E-state index in [1.807, 2.05) is 0 Å². The van der Waals surface area contributed by atoms with Crippen LogP contribution in [0.5, 0.6) is 0 Å². The van der Waals surface area contributed by atoms with Crippen LogP contribution in [0.25, 0.3) is 0 Å². The molecule has 0 rings (SSSR count). The van der Waals surface area contributed by atoms with Crippen molar-refractivity contribution in [2.24, 2.45) is 16.5 Å². The van der Waals surface area contributed by atoms with E-state index in [1.54, 1.807) is 0 Å². The Labute approximate surface area is 121 Å². The maximum Gasteiger partial charge on any atom is 0.339 e. The van der Waals surface area contributed by atoms with Gasteiger partial charge in [-0.2, -0.15) is 0 Å². The minimum atomic E-state index is -3.89. The third kappa shape index (κ3) is 17.4. The summed E-state index contributed by atoms with van der Waals surface area (Å²) in [6.07, 6.45) is 8.83. The summed E-state index contributed by atoms with van der Waals surface area (Å²) in [6.45, 7) is 1.39. The van der Waals surface area contributed by atoms with Crippen LogP contribution >= 0.6 is 7.60 Å². The zero-order chi connectivity index (χ0) is 15.3. The van der Waals surface area contributed by atoms with E-state index < -0.39 is 7.60 Å². The number of guanidine groups is 1. The average molecular weight is 308 g/mol. The van der Waals surface area contributed by atoms with Gasteiger partial charge in [0.15, 0.2) is 5.96 Å². The first-order valence-electron chi connectivity index (χ1n) is 7.22. The van der Waals surface area contributed by atoms with Crippen molar-refractivity contribution in [2.75, 3.05) is 19.4 Å². The Kier molecular flexibility index (Phi) is 11.8. The van der Waals surface area contributed by atoms with Crippen molar-refractivity contribution in [3.05, 3.63) is 0 Å². The molecule has 0 amide bonds. The molecular formula is C12H29N4O3P. The first-order chi connectivity index (χ1) is 9.42. The van der Waals surface area contributed by atoms with Gasteiger partial charge in [-0.05, 0) is 19.4 Å². The van der Waals surface area contributed by atoms with Gasteiger partial charge in [-0.1, -0.05) is 38.5 Å². The summed E-state index contributed by atoms with van der Waals surface area (Å²) in [5.41, 5.74) is 10.5. The summed E-state index contributed by atoms with van der Waals surface area (Å²) < 4.78 is 10.6. The van der Waals surface area contributed by atoms with Gasteiger partial charge < -0.3 is 26.6 Å². The Balaban J connectivity index is 3.10. The molecule has 0 aliphatic heterocycles. The van der Waals surface area contributed by atoms with Crippen LogP contribution < -0.4 is 16.8 Å². The quantitative estimate of drug-likeness (QED) is 0.150. The Morgan fingerprint density at radius 3 is 1.95 bits per heavy atom. The lowest BCUT2D eigenvalue weighted by molar-refractivity contribution is 0.367. The minimum Gasteiger partial charge on any atom is -0.370 e. The topological polar surface area (TPSA) is 134 Å². The summed E-state index contributed by atoms with van der Waals surface area (Å²) in [7, 11) is -3.89. The smallest absolute Gasteiger partial charge is 0.339 e. The van der Waals surface area contributed by atoms with Crippen molar-refractivity contribution >= 4 is 13.6 Å². The number of unbranched alkanes of at least 4 members (excludes halogenated alkanes) is 7. The van der Waals surface area contributed by atoms with Gasteiger partial charge in [0.1, 0.15) is 0 Å². The highest BCUT2D eigenvalue weighted by Gasteiger charge is 2.10. The van der Waals surface area contributed by atoms with E-state index in [4.69, 9.17) is 21.3 Å². The predicted molar refractivity (Wildman–Crippen MR) is 82.5 cm³/mol. The van der Waals surface area contributed by atoms with Crippen molar-refractivity contribution in [1.82, 2.24) is 5.32 Å².